The van der Waals surface area contributed by atoms with E-state index in [1.54, 1.807) is 0 Å². The summed E-state index contributed by atoms with van der Waals surface area (Å²) in [6.45, 7) is 1.94. The average molecular weight is 99.1 g/mol. The lowest BCUT2D eigenvalue weighted by Crippen LogP contribution is -1.94. The molecule has 0 aliphatic rings. The third-order valence-electron chi connectivity index (χ3n) is 0.662. The van der Waals surface area contributed by atoms with E-state index < -0.39 is 0 Å². The summed E-state index contributed by atoms with van der Waals surface area (Å²) >= 11 is 0. The number of carbonyl (C=O) groups excluding carboxylic acids is 1. The highest BCUT2D eigenvalue weighted by molar-refractivity contribution is 6.26. The maximum Gasteiger partial charge on any atom is 0.163 e. The van der Waals surface area contributed by atoms with E-state index in [1.807, 2.05) is 6.92 Å². The normalized spacial score (nSPS) is 8.14. The standard InChI is InChI=1S/C5H9NO/c1-2-3-5(6)4-7/h4,6H,2-3H2,1H3. The summed E-state index contributed by atoms with van der Waals surface area (Å²) in [6, 6.07) is 0. The molecule has 0 aromatic rings. The molecular weight excluding hydrogens is 90.1 g/mol. The van der Waals surface area contributed by atoms with Gasteiger partial charge in [-0.3, -0.25) is 4.79 Å². The first-order valence-electron chi connectivity index (χ1n) is 2.34. The summed E-state index contributed by atoms with van der Waals surface area (Å²) in [7, 11) is 0. The van der Waals surface area contributed by atoms with E-state index in [2.05, 4.69) is 0 Å². The van der Waals surface area contributed by atoms with E-state index in [9.17, 15) is 4.79 Å². The fourth-order valence-electron chi connectivity index (χ4n) is 0.328. The summed E-state index contributed by atoms with van der Waals surface area (Å²) in [6.07, 6.45) is 2.09. The van der Waals surface area contributed by atoms with Gasteiger partial charge in [0.1, 0.15) is 0 Å². The highest BCUT2D eigenvalue weighted by atomic mass is 16.1. The molecule has 1 N–H and O–H groups in total. The van der Waals surface area contributed by atoms with Crippen molar-refractivity contribution in [1.82, 2.24) is 0 Å². The van der Waals surface area contributed by atoms with Gasteiger partial charge in [-0.1, -0.05) is 13.3 Å². The van der Waals surface area contributed by atoms with E-state index in [0.29, 0.717) is 12.7 Å². The molecule has 0 radical (unpaired) electrons. The zero-order valence-electron chi connectivity index (χ0n) is 4.40. The van der Waals surface area contributed by atoms with Gasteiger partial charge in [0.15, 0.2) is 6.29 Å². The molecule has 2 nitrogen and oxygen atoms in total. The molecule has 0 aliphatic heterocycles. The Morgan fingerprint density at radius 3 is 2.57 bits per heavy atom. The Kier molecular flexibility index (Phi) is 3.19. The van der Waals surface area contributed by atoms with Crippen molar-refractivity contribution in [3.05, 3.63) is 0 Å². The van der Waals surface area contributed by atoms with E-state index in [1.165, 1.54) is 0 Å². The molecule has 0 atom stereocenters. The predicted molar refractivity (Wildman–Crippen MR) is 28.7 cm³/mol. The molecule has 40 valence electrons. The van der Waals surface area contributed by atoms with Crippen LogP contribution in [0.15, 0.2) is 0 Å². The van der Waals surface area contributed by atoms with Crippen LogP contribution in [-0.2, 0) is 4.79 Å². The zero-order valence-corrected chi connectivity index (χ0v) is 4.40. The SMILES string of the molecule is CCCC(=N)C=O. The molecule has 0 bridgehead atoms. The van der Waals surface area contributed by atoms with Crippen LogP contribution in [0.4, 0.5) is 0 Å². The van der Waals surface area contributed by atoms with Crippen LogP contribution >= 0.6 is 0 Å². The number of aldehydes is 1. The third-order valence-corrected chi connectivity index (χ3v) is 0.662. The van der Waals surface area contributed by atoms with E-state index in [-0.39, 0.29) is 5.71 Å². The van der Waals surface area contributed by atoms with Gasteiger partial charge in [-0.2, -0.15) is 0 Å². The van der Waals surface area contributed by atoms with Crippen LogP contribution < -0.4 is 0 Å². The Morgan fingerprint density at radius 1 is 1.86 bits per heavy atom. The second kappa shape index (κ2) is 3.53. The lowest BCUT2D eigenvalue weighted by atomic mass is 10.2. The molecule has 0 spiro atoms. The van der Waals surface area contributed by atoms with E-state index in [0.717, 1.165) is 6.42 Å². The zero-order chi connectivity index (χ0) is 5.70. The van der Waals surface area contributed by atoms with Crippen molar-refractivity contribution in [3.8, 4) is 0 Å². The quantitative estimate of drug-likeness (QED) is 0.416. The maximum atomic E-state index is 9.67. The van der Waals surface area contributed by atoms with Crippen LogP contribution in [0.1, 0.15) is 19.8 Å². The van der Waals surface area contributed by atoms with Crippen molar-refractivity contribution < 1.29 is 4.79 Å². The van der Waals surface area contributed by atoms with Gasteiger partial charge in [-0.05, 0) is 6.42 Å². The minimum absolute atomic E-state index is 0.197. The lowest BCUT2D eigenvalue weighted by Gasteiger charge is -1.84. The first kappa shape index (κ1) is 6.34. The highest BCUT2D eigenvalue weighted by Crippen LogP contribution is 1.84. The smallest absolute Gasteiger partial charge is 0.163 e. The van der Waals surface area contributed by atoms with Crippen LogP contribution in [0.3, 0.4) is 0 Å². The van der Waals surface area contributed by atoms with E-state index in [4.69, 9.17) is 5.41 Å². The second-order valence-corrected chi connectivity index (χ2v) is 1.39. The predicted octanol–water partition coefficient (Wildman–Crippen LogP) is 1.01. The van der Waals surface area contributed by atoms with Gasteiger partial charge >= 0.3 is 0 Å². The van der Waals surface area contributed by atoms with Crippen LogP contribution in [0, 0.1) is 5.41 Å². The summed E-state index contributed by atoms with van der Waals surface area (Å²) in [5, 5.41) is 6.77. The van der Waals surface area contributed by atoms with Gasteiger partial charge in [0, 0.05) is 0 Å². The summed E-state index contributed by atoms with van der Waals surface area (Å²) in [4.78, 5) is 9.67. The Bertz CT molecular complexity index is 78.1. The fraction of sp³-hybridized carbons (Fsp3) is 0.600. The van der Waals surface area contributed by atoms with Crippen LogP contribution in [-0.4, -0.2) is 12.0 Å². The molecule has 0 aromatic carbocycles. The third kappa shape index (κ3) is 3.16. The molecule has 0 rings (SSSR count). The average Bonchev–Trinajstić information content (AvgIpc) is 1.68. The number of hydrogen-bond donors (Lipinski definition) is 1. The van der Waals surface area contributed by atoms with Crippen molar-refractivity contribution in [2.75, 3.05) is 0 Å². The van der Waals surface area contributed by atoms with Crippen molar-refractivity contribution in [3.63, 3.8) is 0 Å². The number of hydrogen-bond acceptors (Lipinski definition) is 2. The van der Waals surface area contributed by atoms with Crippen molar-refractivity contribution in [2.24, 2.45) is 0 Å². The van der Waals surface area contributed by atoms with Gasteiger partial charge in [0.25, 0.3) is 0 Å². The fourth-order valence-corrected chi connectivity index (χ4v) is 0.328. The van der Waals surface area contributed by atoms with E-state index >= 15 is 0 Å². The number of carbonyl (C=O) groups is 1. The first-order valence-corrected chi connectivity index (χ1v) is 2.34. The molecular formula is C5H9NO. The first-order chi connectivity index (χ1) is 3.31. The van der Waals surface area contributed by atoms with Gasteiger partial charge < -0.3 is 5.41 Å². The largest absolute Gasteiger partial charge is 0.302 e. The minimum atomic E-state index is 0.197. The molecule has 0 aromatic heterocycles. The number of rotatable bonds is 3. The molecule has 0 amide bonds. The van der Waals surface area contributed by atoms with Crippen molar-refractivity contribution >= 4 is 12.0 Å². The summed E-state index contributed by atoms with van der Waals surface area (Å²) < 4.78 is 0. The Morgan fingerprint density at radius 2 is 2.43 bits per heavy atom. The summed E-state index contributed by atoms with van der Waals surface area (Å²) in [5.41, 5.74) is 0.197. The van der Waals surface area contributed by atoms with Gasteiger partial charge in [-0.15, -0.1) is 0 Å². The second-order valence-electron chi connectivity index (χ2n) is 1.39. The topological polar surface area (TPSA) is 40.9 Å². The number of nitrogens with one attached hydrogen (secondary N) is 1. The molecule has 0 fully saturated rings. The van der Waals surface area contributed by atoms with Crippen LogP contribution in [0.5, 0.6) is 0 Å². The lowest BCUT2D eigenvalue weighted by molar-refractivity contribution is -0.102. The van der Waals surface area contributed by atoms with Crippen LogP contribution in [0.25, 0.3) is 0 Å². The van der Waals surface area contributed by atoms with Gasteiger partial charge in [0.2, 0.25) is 0 Å². The Hall–Kier alpha value is -0.660. The molecule has 2 heteroatoms. The molecule has 0 saturated heterocycles. The minimum Gasteiger partial charge on any atom is -0.302 e. The maximum absolute atomic E-state index is 9.67. The van der Waals surface area contributed by atoms with Crippen molar-refractivity contribution in [1.29, 1.82) is 5.41 Å². The van der Waals surface area contributed by atoms with Gasteiger partial charge in [-0.25, -0.2) is 0 Å². The molecule has 0 saturated carbocycles. The molecule has 0 unspecified atom stereocenters. The Balaban J connectivity index is 3.17. The van der Waals surface area contributed by atoms with Crippen molar-refractivity contribution in [2.45, 2.75) is 19.8 Å². The monoisotopic (exact) mass is 99.1 g/mol. The van der Waals surface area contributed by atoms with Crippen LogP contribution in [0.2, 0.25) is 0 Å². The molecule has 7 heavy (non-hydrogen) atoms. The molecule has 0 aliphatic carbocycles. The summed E-state index contributed by atoms with van der Waals surface area (Å²) in [5.74, 6) is 0. The van der Waals surface area contributed by atoms with Gasteiger partial charge in [0.05, 0.1) is 5.71 Å². The highest BCUT2D eigenvalue weighted by Gasteiger charge is 1.86. The molecule has 0 heterocycles. The Labute approximate surface area is 43.0 Å².